The Kier molecular flexibility index (Phi) is 4.08. The highest BCUT2D eigenvalue weighted by Crippen LogP contribution is 2.12. The van der Waals surface area contributed by atoms with Crippen molar-refractivity contribution in [3.8, 4) is 5.69 Å². The van der Waals surface area contributed by atoms with Crippen LogP contribution in [0.1, 0.15) is 19.0 Å². The second-order valence-electron chi connectivity index (χ2n) is 5.17. The predicted octanol–water partition coefficient (Wildman–Crippen LogP) is 1.45. The van der Waals surface area contributed by atoms with Gasteiger partial charge < -0.3 is 5.32 Å². The molecule has 1 N–H and O–H groups in total. The van der Waals surface area contributed by atoms with Crippen LogP contribution in [0.3, 0.4) is 0 Å². The molecule has 2 heterocycles. The van der Waals surface area contributed by atoms with Gasteiger partial charge in [-0.2, -0.15) is 15.0 Å². The summed E-state index contributed by atoms with van der Waals surface area (Å²) in [7, 11) is 0. The van der Waals surface area contributed by atoms with Gasteiger partial charge in [-0.05, 0) is 31.6 Å². The highest BCUT2D eigenvalue weighted by atomic mass is 15.5. The maximum atomic E-state index is 4.58. The number of likely N-dealkylation sites (N-methyl/N-ethyl adjacent to an activating group) is 1. The van der Waals surface area contributed by atoms with Crippen molar-refractivity contribution in [2.75, 3.05) is 19.6 Å². The van der Waals surface area contributed by atoms with Crippen LogP contribution in [0.25, 0.3) is 5.69 Å². The summed E-state index contributed by atoms with van der Waals surface area (Å²) in [5.74, 6) is 0. The molecule has 0 spiro atoms. The number of benzene rings is 1. The number of hydrogen-bond donors (Lipinski definition) is 1. The van der Waals surface area contributed by atoms with Gasteiger partial charge in [0.25, 0.3) is 0 Å². The summed E-state index contributed by atoms with van der Waals surface area (Å²) in [6.07, 6.45) is 3.10. The van der Waals surface area contributed by atoms with Crippen LogP contribution in [0.5, 0.6) is 0 Å². The molecular formula is C15H21N5. The van der Waals surface area contributed by atoms with Crippen LogP contribution in [-0.4, -0.2) is 45.6 Å². The van der Waals surface area contributed by atoms with Crippen molar-refractivity contribution in [1.29, 1.82) is 0 Å². The van der Waals surface area contributed by atoms with Crippen molar-refractivity contribution in [3.63, 3.8) is 0 Å². The van der Waals surface area contributed by atoms with Crippen molar-refractivity contribution in [2.24, 2.45) is 0 Å². The lowest BCUT2D eigenvalue weighted by Crippen LogP contribution is -2.36. The predicted molar refractivity (Wildman–Crippen MR) is 78.7 cm³/mol. The van der Waals surface area contributed by atoms with E-state index < -0.39 is 0 Å². The fraction of sp³-hybridized carbons (Fsp3) is 0.467. The third-order valence-electron chi connectivity index (χ3n) is 3.85. The maximum absolute atomic E-state index is 4.58. The third kappa shape index (κ3) is 2.89. The van der Waals surface area contributed by atoms with E-state index in [1.165, 1.54) is 6.42 Å². The van der Waals surface area contributed by atoms with E-state index >= 15 is 0 Å². The lowest BCUT2D eigenvalue weighted by atomic mass is 10.2. The molecule has 5 nitrogen and oxygen atoms in total. The van der Waals surface area contributed by atoms with E-state index in [-0.39, 0.29) is 0 Å². The molecule has 106 valence electrons. The summed E-state index contributed by atoms with van der Waals surface area (Å²) in [5, 5.41) is 12.4. The Labute approximate surface area is 119 Å². The van der Waals surface area contributed by atoms with E-state index in [4.69, 9.17) is 0 Å². The fourth-order valence-corrected chi connectivity index (χ4v) is 2.71. The lowest BCUT2D eigenvalue weighted by molar-refractivity contribution is 0.207. The monoisotopic (exact) mass is 271 g/mol. The third-order valence-corrected chi connectivity index (χ3v) is 3.85. The molecule has 1 atom stereocenters. The van der Waals surface area contributed by atoms with E-state index in [0.717, 1.165) is 37.6 Å². The second kappa shape index (κ2) is 6.15. The lowest BCUT2D eigenvalue weighted by Gasteiger charge is -2.25. The van der Waals surface area contributed by atoms with Gasteiger partial charge in [-0.3, -0.25) is 4.90 Å². The Bertz CT molecular complexity index is 530. The zero-order valence-electron chi connectivity index (χ0n) is 11.9. The molecule has 2 aromatic rings. The second-order valence-corrected chi connectivity index (χ2v) is 5.17. The number of aromatic nitrogens is 3. The Morgan fingerprint density at radius 3 is 2.90 bits per heavy atom. The van der Waals surface area contributed by atoms with Crippen LogP contribution in [0.15, 0.2) is 36.5 Å². The van der Waals surface area contributed by atoms with Gasteiger partial charge in [-0.1, -0.05) is 25.1 Å². The highest BCUT2D eigenvalue weighted by Gasteiger charge is 2.21. The van der Waals surface area contributed by atoms with Gasteiger partial charge in [-0.25, -0.2) is 0 Å². The number of nitrogens with one attached hydrogen (secondary N) is 1. The van der Waals surface area contributed by atoms with Gasteiger partial charge in [-0.15, -0.1) is 0 Å². The first-order chi connectivity index (χ1) is 9.86. The molecular weight excluding hydrogens is 250 g/mol. The molecule has 0 aliphatic carbocycles. The molecule has 1 aliphatic rings. The summed E-state index contributed by atoms with van der Waals surface area (Å²) in [4.78, 5) is 4.18. The molecule has 20 heavy (non-hydrogen) atoms. The highest BCUT2D eigenvalue weighted by molar-refractivity contribution is 5.28. The largest absolute Gasteiger partial charge is 0.315 e. The molecule has 1 fully saturated rings. The molecule has 0 bridgehead atoms. The molecule has 1 aromatic carbocycles. The van der Waals surface area contributed by atoms with Crippen LogP contribution >= 0.6 is 0 Å². The molecule has 3 rings (SSSR count). The quantitative estimate of drug-likeness (QED) is 0.894. The molecule has 1 aliphatic heterocycles. The van der Waals surface area contributed by atoms with E-state index in [1.54, 1.807) is 4.80 Å². The minimum Gasteiger partial charge on any atom is -0.315 e. The first-order valence-corrected chi connectivity index (χ1v) is 7.28. The smallest absolute Gasteiger partial charge is 0.0971 e. The average molecular weight is 271 g/mol. The van der Waals surface area contributed by atoms with Gasteiger partial charge in [0, 0.05) is 19.1 Å². The molecule has 1 unspecified atom stereocenters. The topological polar surface area (TPSA) is 46.0 Å². The Morgan fingerprint density at radius 2 is 2.20 bits per heavy atom. The zero-order valence-corrected chi connectivity index (χ0v) is 11.9. The molecule has 1 saturated heterocycles. The zero-order chi connectivity index (χ0) is 13.8. The molecule has 0 radical (unpaired) electrons. The molecule has 0 amide bonds. The van der Waals surface area contributed by atoms with Crippen LogP contribution in [-0.2, 0) is 6.54 Å². The van der Waals surface area contributed by atoms with Crippen LogP contribution in [0.4, 0.5) is 0 Å². The number of hydrogen-bond acceptors (Lipinski definition) is 4. The first-order valence-electron chi connectivity index (χ1n) is 7.28. The van der Waals surface area contributed by atoms with Gasteiger partial charge in [0.15, 0.2) is 0 Å². The van der Waals surface area contributed by atoms with Gasteiger partial charge in [0.1, 0.15) is 0 Å². The summed E-state index contributed by atoms with van der Waals surface area (Å²) >= 11 is 0. The van der Waals surface area contributed by atoms with E-state index in [2.05, 4.69) is 27.3 Å². The Morgan fingerprint density at radius 1 is 1.35 bits per heavy atom. The van der Waals surface area contributed by atoms with Gasteiger partial charge in [0.2, 0.25) is 0 Å². The Balaban J connectivity index is 1.70. The van der Waals surface area contributed by atoms with E-state index in [1.807, 2.05) is 36.5 Å². The van der Waals surface area contributed by atoms with Crippen molar-refractivity contribution >= 4 is 0 Å². The number of para-hydroxylation sites is 1. The molecule has 0 saturated carbocycles. The minimum atomic E-state index is 0.627. The van der Waals surface area contributed by atoms with Crippen LogP contribution in [0.2, 0.25) is 0 Å². The number of rotatable bonds is 5. The average Bonchev–Trinajstić information content (AvgIpc) is 3.17. The van der Waals surface area contributed by atoms with Crippen molar-refractivity contribution in [1.82, 2.24) is 25.2 Å². The first kappa shape index (κ1) is 13.3. The SMILES string of the molecule is CCN(Cc1cnn(-c2ccccc2)n1)C1CCNC1. The van der Waals surface area contributed by atoms with Crippen LogP contribution < -0.4 is 5.32 Å². The summed E-state index contributed by atoms with van der Waals surface area (Å²) in [5.41, 5.74) is 2.03. The van der Waals surface area contributed by atoms with Crippen molar-refractivity contribution in [2.45, 2.75) is 25.9 Å². The standard InChI is InChI=1S/C15H21N5/c1-2-19(15-8-9-16-11-15)12-13-10-17-20(18-13)14-6-4-3-5-7-14/h3-7,10,15-16H,2,8-9,11-12H2,1H3. The Hall–Kier alpha value is -1.72. The summed E-state index contributed by atoms with van der Waals surface area (Å²) in [6, 6.07) is 10.7. The number of nitrogens with zero attached hydrogens (tertiary/aromatic N) is 4. The normalized spacial score (nSPS) is 18.8. The van der Waals surface area contributed by atoms with Crippen LogP contribution in [0, 0.1) is 0 Å². The molecule has 1 aromatic heterocycles. The van der Waals surface area contributed by atoms with Crippen molar-refractivity contribution in [3.05, 3.63) is 42.2 Å². The molecule has 5 heteroatoms. The minimum absolute atomic E-state index is 0.627. The van der Waals surface area contributed by atoms with E-state index in [0.29, 0.717) is 6.04 Å². The van der Waals surface area contributed by atoms with Gasteiger partial charge >= 0.3 is 0 Å². The summed E-state index contributed by atoms with van der Waals surface area (Å²) in [6.45, 7) is 6.33. The van der Waals surface area contributed by atoms with Gasteiger partial charge in [0.05, 0.1) is 17.6 Å². The van der Waals surface area contributed by atoms with Crippen molar-refractivity contribution < 1.29 is 0 Å². The summed E-state index contributed by atoms with van der Waals surface area (Å²) < 4.78 is 0. The maximum Gasteiger partial charge on any atom is 0.0971 e. The van der Waals surface area contributed by atoms with E-state index in [9.17, 15) is 0 Å². The fourth-order valence-electron chi connectivity index (χ4n) is 2.71.